The van der Waals surface area contributed by atoms with E-state index in [1.54, 1.807) is 41.3 Å². The Kier molecular flexibility index (Phi) is 5.04. The number of carbonyl (C=O) groups excluding carboxylic acids is 2. The molecular weight excluding hydrogens is 496 g/mol. The second kappa shape index (κ2) is 8.50. The standard InChI is InChI=1S/C30H24N4O5/c1-15-12-31-28-23(36)11-22-27(26(15)28)18(14-35)13-34(22)30(38)21-9-17-8-19(6-7-20(17)33-21)32-29(37)25-10-16-4-2-3-5-24(16)39-25/h2-12,18,31,33,35-36H,13-14H2,1H3,(H,32,37)/t18-/m0/s1. The van der Waals surface area contributed by atoms with Gasteiger partial charge in [-0.05, 0) is 54.4 Å². The predicted molar refractivity (Wildman–Crippen MR) is 149 cm³/mol. The monoisotopic (exact) mass is 520 g/mol. The number of fused-ring (bicyclic) bond motifs is 5. The van der Waals surface area contributed by atoms with Crippen molar-refractivity contribution in [2.75, 3.05) is 23.4 Å². The van der Waals surface area contributed by atoms with E-state index in [2.05, 4.69) is 15.3 Å². The van der Waals surface area contributed by atoms with E-state index in [1.807, 2.05) is 37.4 Å². The summed E-state index contributed by atoms with van der Waals surface area (Å²) in [4.78, 5) is 34.3. The molecule has 0 saturated heterocycles. The van der Waals surface area contributed by atoms with Crippen LogP contribution < -0.4 is 10.2 Å². The highest BCUT2D eigenvalue weighted by Gasteiger charge is 2.36. The lowest BCUT2D eigenvalue weighted by Crippen LogP contribution is -2.30. The van der Waals surface area contributed by atoms with Gasteiger partial charge in [-0.3, -0.25) is 9.59 Å². The average Bonchev–Trinajstić information content (AvgIpc) is 3.71. The minimum atomic E-state index is -0.368. The molecule has 0 spiro atoms. The number of para-hydroxylation sites is 1. The first-order valence-corrected chi connectivity index (χ1v) is 12.6. The largest absolute Gasteiger partial charge is 0.506 e. The summed E-state index contributed by atoms with van der Waals surface area (Å²) < 4.78 is 5.66. The highest BCUT2D eigenvalue weighted by Crippen LogP contribution is 2.46. The number of phenolic OH excluding ortho intramolecular Hbond substituents is 1. The Bertz CT molecular complexity index is 1910. The fraction of sp³-hybridized carbons (Fsp3) is 0.133. The summed E-state index contributed by atoms with van der Waals surface area (Å²) in [6.07, 6.45) is 1.81. The van der Waals surface area contributed by atoms with Crippen molar-refractivity contribution in [3.63, 3.8) is 0 Å². The maximum Gasteiger partial charge on any atom is 0.291 e. The maximum absolute atomic E-state index is 13.7. The van der Waals surface area contributed by atoms with Gasteiger partial charge in [0.15, 0.2) is 5.76 Å². The lowest BCUT2D eigenvalue weighted by Gasteiger charge is -2.17. The maximum atomic E-state index is 13.7. The van der Waals surface area contributed by atoms with E-state index in [1.165, 1.54) is 0 Å². The normalized spacial score (nSPS) is 14.9. The molecule has 0 aliphatic carbocycles. The van der Waals surface area contributed by atoms with Crippen LogP contribution in [0, 0.1) is 6.92 Å². The summed E-state index contributed by atoms with van der Waals surface area (Å²) >= 11 is 0. The highest BCUT2D eigenvalue weighted by atomic mass is 16.3. The number of aliphatic hydroxyl groups excluding tert-OH is 1. The summed E-state index contributed by atoms with van der Waals surface area (Å²) in [7, 11) is 0. The first-order valence-electron chi connectivity index (χ1n) is 12.6. The number of hydrogen-bond acceptors (Lipinski definition) is 5. The van der Waals surface area contributed by atoms with E-state index in [4.69, 9.17) is 4.42 Å². The van der Waals surface area contributed by atoms with Gasteiger partial charge in [-0.2, -0.15) is 0 Å². The Labute approximate surface area is 221 Å². The Morgan fingerprint density at radius 1 is 1.10 bits per heavy atom. The molecule has 6 aromatic rings. The fourth-order valence-electron chi connectivity index (χ4n) is 5.62. The van der Waals surface area contributed by atoms with Crippen LogP contribution in [0.3, 0.4) is 0 Å². The number of nitrogens with zero attached hydrogens (tertiary/aromatic N) is 1. The molecule has 0 unspecified atom stereocenters. The van der Waals surface area contributed by atoms with Crippen molar-refractivity contribution in [3.05, 3.63) is 89.4 Å². The third-order valence-electron chi connectivity index (χ3n) is 7.48. The van der Waals surface area contributed by atoms with Crippen molar-refractivity contribution in [2.24, 2.45) is 0 Å². The number of hydrogen-bond donors (Lipinski definition) is 5. The van der Waals surface area contributed by atoms with Crippen LogP contribution >= 0.6 is 0 Å². The van der Waals surface area contributed by atoms with Crippen LogP contribution in [0.2, 0.25) is 0 Å². The van der Waals surface area contributed by atoms with Gasteiger partial charge in [0.25, 0.3) is 11.8 Å². The van der Waals surface area contributed by atoms with Crippen LogP contribution in [0.4, 0.5) is 11.4 Å². The molecule has 9 heteroatoms. The number of aromatic hydroxyl groups is 1. The van der Waals surface area contributed by atoms with Crippen molar-refractivity contribution >= 4 is 56.0 Å². The number of benzene rings is 3. The number of phenols is 1. The molecule has 1 aliphatic rings. The van der Waals surface area contributed by atoms with Crippen molar-refractivity contribution in [2.45, 2.75) is 12.8 Å². The van der Waals surface area contributed by atoms with Crippen LogP contribution in [0.15, 0.2) is 71.3 Å². The van der Waals surface area contributed by atoms with Crippen molar-refractivity contribution in [1.29, 1.82) is 0 Å². The molecular formula is C30H24N4O5. The van der Waals surface area contributed by atoms with Crippen molar-refractivity contribution in [3.8, 4) is 5.75 Å². The average molecular weight is 521 g/mol. The minimum Gasteiger partial charge on any atom is -0.506 e. The van der Waals surface area contributed by atoms with E-state index in [9.17, 15) is 19.8 Å². The lowest BCUT2D eigenvalue weighted by molar-refractivity contribution is 0.0980. The SMILES string of the molecule is Cc1c[nH]c2c(O)cc3c(c12)[C@H](CO)CN3C(=O)c1cc2cc(NC(=O)c3cc4ccccc4o3)ccc2[nH]1. The Hall–Kier alpha value is -5.02. The molecule has 7 rings (SSSR count). The summed E-state index contributed by atoms with van der Waals surface area (Å²) in [5.74, 6) is -0.654. The number of H-pyrrole nitrogens is 2. The number of rotatable bonds is 4. The van der Waals surface area contributed by atoms with Crippen LogP contribution in [0.25, 0.3) is 32.8 Å². The van der Waals surface area contributed by atoms with Gasteiger partial charge in [-0.15, -0.1) is 0 Å². The molecule has 1 aliphatic heterocycles. The third kappa shape index (κ3) is 3.58. The minimum absolute atomic E-state index is 0.0507. The topological polar surface area (TPSA) is 135 Å². The van der Waals surface area contributed by atoms with Crippen LogP contribution in [-0.4, -0.2) is 45.1 Å². The zero-order valence-electron chi connectivity index (χ0n) is 20.9. The number of amides is 2. The van der Waals surface area contributed by atoms with Crippen molar-refractivity contribution < 1.29 is 24.2 Å². The van der Waals surface area contributed by atoms with Gasteiger partial charge in [0.2, 0.25) is 0 Å². The third-order valence-corrected chi connectivity index (χ3v) is 7.48. The number of aromatic amines is 2. The van der Waals surface area contributed by atoms with Gasteiger partial charge in [-0.25, -0.2) is 0 Å². The quantitative estimate of drug-likeness (QED) is 0.212. The second-order valence-electron chi connectivity index (χ2n) is 9.93. The number of aromatic nitrogens is 2. The number of aliphatic hydroxyl groups is 1. The smallest absolute Gasteiger partial charge is 0.291 e. The Morgan fingerprint density at radius 2 is 1.95 bits per heavy atom. The van der Waals surface area contributed by atoms with E-state index < -0.39 is 0 Å². The molecule has 0 fully saturated rings. The molecule has 0 radical (unpaired) electrons. The molecule has 194 valence electrons. The molecule has 39 heavy (non-hydrogen) atoms. The van der Waals surface area contributed by atoms with Gasteiger partial charge < -0.3 is 34.8 Å². The summed E-state index contributed by atoms with van der Waals surface area (Å²) in [5.41, 5.74) is 5.27. The number of furan rings is 1. The van der Waals surface area contributed by atoms with Gasteiger partial charge in [0, 0.05) is 52.1 Å². The molecule has 5 N–H and O–H groups in total. The molecule has 0 bridgehead atoms. The van der Waals surface area contributed by atoms with E-state index >= 15 is 0 Å². The van der Waals surface area contributed by atoms with E-state index in [0.717, 1.165) is 32.8 Å². The lowest BCUT2D eigenvalue weighted by atomic mass is 9.96. The molecule has 9 nitrogen and oxygen atoms in total. The number of anilines is 2. The molecule has 3 aromatic heterocycles. The zero-order chi connectivity index (χ0) is 26.8. The van der Waals surface area contributed by atoms with Gasteiger partial charge >= 0.3 is 0 Å². The van der Waals surface area contributed by atoms with E-state index in [0.29, 0.717) is 34.7 Å². The fourth-order valence-corrected chi connectivity index (χ4v) is 5.62. The van der Waals surface area contributed by atoms with Crippen LogP contribution in [-0.2, 0) is 0 Å². The Balaban J connectivity index is 1.19. The summed E-state index contributed by atoms with van der Waals surface area (Å²) in [6.45, 7) is 2.10. The first-order chi connectivity index (χ1) is 18.9. The second-order valence-corrected chi connectivity index (χ2v) is 9.93. The molecule has 3 aromatic carbocycles. The number of aryl methyl sites for hydroxylation is 1. The highest BCUT2D eigenvalue weighted by molar-refractivity contribution is 6.12. The van der Waals surface area contributed by atoms with E-state index in [-0.39, 0.29) is 35.8 Å². The van der Waals surface area contributed by atoms with Gasteiger partial charge in [0.1, 0.15) is 17.0 Å². The number of carbonyl (C=O) groups is 2. The summed E-state index contributed by atoms with van der Waals surface area (Å²) in [6, 6.07) is 17.8. The molecule has 1 atom stereocenters. The molecule has 0 saturated carbocycles. The first kappa shape index (κ1) is 23.1. The Morgan fingerprint density at radius 3 is 2.77 bits per heavy atom. The van der Waals surface area contributed by atoms with Gasteiger partial charge in [-0.1, -0.05) is 18.2 Å². The summed E-state index contributed by atoms with van der Waals surface area (Å²) in [5, 5.41) is 26.0. The predicted octanol–water partition coefficient (Wildman–Crippen LogP) is 5.40. The van der Waals surface area contributed by atoms with Crippen LogP contribution in [0.5, 0.6) is 5.75 Å². The number of nitrogens with one attached hydrogen (secondary N) is 3. The van der Waals surface area contributed by atoms with Gasteiger partial charge in [0.05, 0.1) is 17.8 Å². The molecule has 2 amide bonds. The molecule has 4 heterocycles. The zero-order valence-corrected chi connectivity index (χ0v) is 20.9. The van der Waals surface area contributed by atoms with Crippen molar-refractivity contribution in [1.82, 2.24) is 9.97 Å². The van der Waals surface area contributed by atoms with Crippen LogP contribution in [0.1, 0.15) is 38.1 Å².